The van der Waals surface area contributed by atoms with E-state index in [0.29, 0.717) is 0 Å². The van der Waals surface area contributed by atoms with Gasteiger partial charge in [-0.25, -0.2) is 4.57 Å². The van der Waals surface area contributed by atoms with Crippen LogP contribution >= 0.6 is 0 Å². The molecule has 0 saturated carbocycles. The maximum atomic E-state index is 2.70. The third-order valence-electron chi connectivity index (χ3n) is 12.7. The van der Waals surface area contributed by atoms with Crippen molar-refractivity contribution >= 4 is 30.0 Å². The maximum absolute atomic E-state index is 2.70. The minimum Gasteiger partial charge on any atom is -0.372 e. The minimum absolute atomic E-state index is 1.19. The molecule has 0 aliphatic carbocycles. The molecule has 0 N–H and O–H groups in total. The molecule has 334 valence electrons. The molecule has 3 aromatic rings. The Morgan fingerprint density at radius 3 is 0.833 bits per heavy atom. The lowest BCUT2D eigenvalue weighted by Crippen LogP contribution is -2.25. The van der Waals surface area contributed by atoms with E-state index in [9.17, 15) is 0 Å². The number of anilines is 1. The third kappa shape index (κ3) is 26.9. The largest absolute Gasteiger partial charge is 0.372 e. The van der Waals surface area contributed by atoms with Crippen LogP contribution in [-0.4, -0.2) is 13.1 Å². The Kier molecular flexibility index (Phi) is 31.2. The first kappa shape index (κ1) is 51.2. The van der Waals surface area contributed by atoms with Crippen LogP contribution in [0.5, 0.6) is 0 Å². The average molecular weight is 818 g/mol. The fourth-order valence-electron chi connectivity index (χ4n) is 8.59. The van der Waals surface area contributed by atoms with Gasteiger partial charge in [0, 0.05) is 30.9 Å². The zero-order chi connectivity index (χ0) is 42.4. The highest BCUT2D eigenvalue weighted by molar-refractivity contribution is 5.73. The van der Waals surface area contributed by atoms with E-state index in [1.807, 2.05) is 0 Å². The summed E-state index contributed by atoms with van der Waals surface area (Å²) in [6.45, 7) is 7.00. The molecule has 0 bridgehead atoms. The number of hydrogen-bond donors (Lipinski definition) is 0. The number of hydrogen-bond acceptors (Lipinski definition) is 1. The lowest BCUT2D eigenvalue weighted by molar-refractivity contribution is -0.671. The quantitative estimate of drug-likeness (QED) is 0.0316. The van der Waals surface area contributed by atoms with Crippen molar-refractivity contribution in [1.82, 2.24) is 0 Å². The normalized spacial score (nSPS) is 11.7. The Balaban J connectivity index is 1.35. The number of pyridine rings is 1. The number of aryl methyl sites for hydroxylation is 1. The van der Waals surface area contributed by atoms with E-state index < -0.39 is 0 Å². The third-order valence-corrected chi connectivity index (χ3v) is 12.7. The van der Waals surface area contributed by atoms with Crippen LogP contribution in [0.3, 0.4) is 0 Å². The highest BCUT2D eigenvalue weighted by Gasteiger charge is 2.07. The number of unbranched alkanes of at least 4 members (excludes halogenated alkanes) is 30. The molecule has 0 aliphatic heterocycles. The molecule has 0 unspecified atom stereocenters. The minimum atomic E-state index is 1.19. The highest BCUT2D eigenvalue weighted by atomic mass is 15.1. The second-order valence-electron chi connectivity index (χ2n) is 18.3. The van der Waals surface area contributed by atoms with E-state index in [1.54, 1.807) is 0 Å². The fourth-order valence-corrected chi connectivity index (χ4v) is 8.59. The summed E-state index contributed by atoms with van der Waals surface area (Å²) in [5, 5.41) is 0. The molecule has 1 heterocycles. The predicted octanol–water partition coefficient (Wildman–Crippen LogP) is 18.2. The SMILES string of the molecule is CCCCCCCCCCCCCCCCCCN(CCCCCCCCCCCCCCCCCC)c1ccc(/C=C/c2ccc(/C=C/c3cc[n+](C)cc3)cc2)cc1. The van der Waals surface area contributed by atoms with Gasteiger partial charge in [0.05, 0.1) is 0 Å². The van der Waals surface area contributed by atoms with Crippen LogP contribution in [0.1, 0.15) is 242 Å². The van der Waals surface area contributed by atoms with Gasteiger partial charge in [0.1, 0.15) is 7.05 Å². The molecular formula is C58H93N2+. The Morgan fingerprint density at radius 1 is 0.317 bits per heavy atom. The van der Waals surface area contributed by atoms with Crippen molar-refractivity contribution in [3.63, 3.8) is 0 Å². The van der Waals surface area contributed by atoms with Gasteiger partial charge in [0.2, 0.25) is 0 Å². The number of aromatic nitrogens is 1. The molecule has 2 heteroatoms. The zero-order valence-electron chi connectivity index (χ0n) is 39.7. The molecule has 0 radical (unpaired) electrons. The van der Waals surface area contributed by atoms with E-state index in [-0.39, 0.29) is 0 Å². The maximum Gasteiger partial charge on any atom is 0.169 e. The Bertz CT molecular complexity index is 1400. The van der Waals surface area contributed by atoms with Crippen LogP contribution < -0.4 is 9.47 Å². The monoisotopic (exact) mass is 818 g/mol. The Labute approximate surface area is 372 Å². The van der Waals surface area contributed by atoms with E-state index >= 15 is 0 Å². The van der Waals surface area contributed by atoms with Gasteiger partial charge >= 0.3 is 0 Å². The topological polar surface area (TPSA) is 7.12 Å². The van der Waals surface area contributed by atoms with E-state index in [4.69, 9.17) is 0 Å². The standard InChI is InChI=1S/C58H93N2/c1-4-6-8-10-12-14-16-18-20-22-24-26-28-30-32-34-50-60(51-35-33-31-29-27-25-23-21-19-17-15-13-11-9-7-5-2)58-46-44-56(45-47-58)41-40-54-36-38-55(39-37-54)42-43-57-48-52-59(3)53-49-57/h36-49,52-53H,4-35,50-51H2,1-3H3/q+1. The van der Waals surface area contributed by atoms with Crippen molar-refractivity contribution < 1.29 is 4.57 Å². The summed E-state index contributed by atoms with van der Waals surface area (Å²) >= 11 is 0. The van der Waals surface area contributed by atoms with E-state index in [0.717, 1.165) is 0 Å². The molecule has 0 saturated heterocycles. The van der Waals surface area contributed by atoms with Gasteiger partial charge in [-0.05, 0) is 47.2 Å². The first-order valence-corrected chi connectivity index (χ1v) is 25.9. The molecule has 60 heavy (non-hydrogen) atoms. The first-order valence-electron chi connectivity index (χ1n) is 25.9. The molecule has 0 atom stereocenters. The molecule has 1 aromatic heterocycles. The van der Waals surface area contributed by atoms with Gasteiger partial charge in [0.25, 0.3) is 0 Å². The van der Waals surface area contributed by atoms with Crippen LogP contribution in [-0.2, 0) is 7.05 Å². The van der Waals surface area contributed by atoms with E-state index in [1.165, 1.54) is 246 Å². The van der Waals surface area contributed by atoms with Crippen molar-refractivity contribution in [3.8, 4) is 0 Å². The lowest BCUT2D eigenvalue weighted by Gasteiger charge is -2.25. The summed E-state index contributed by atoms with van der Waals surface area (Å²) in [5.74, 6) is 0. The second-order valence-corrected chi connectivity index (χ2v) is 18.3. The van der Waals surface area contributed by atoms with Gasteiger partial charge in [-0.15, -0.1) is 0 Å². The van der Waals surface area contributed by atoms with Crippen molar-refractivity contribution in [2.24, 2.45) is 7.05 Å². The molecule has 0 aliphatic rings. The van der Waals surface area contributed by atoms with Crippen LogP contribution in [0.2, 0.25) is 0 Å². The Morgan fingerprint density at radius 2 is 0.550 bits per heavy atom. The molecule has 3 rings (SSSR count). The van der Waals surface area contributed by atoms with Crippen molar-refractivity contribution in [2.45, 2.75) is 219 Å². The molecule has 2 aromatic carbocycles. The number of benzene rings is 2. The van der Waals surface area contributed by atoms with Crippen LogP contribution in [0.15, 0.2) is 73.1 Å². The van der Waals surface area contributed by atoms with Crippen LogP contribution in [0.25, 0.3) is 24.3 Å². The molecule has 0 amide bonds. The van der Waals surface area contributed by atoms with Gasteiger partial charge in [-0.3, -0.25) is 0 Å². The smallest absolute Gasteiger partial charge is 0.169 e. The number of nitrogens with zero attached hydrogens (tertiary/aromatic N) is 2. The van der Waals surface area contributed by atoms with Crippen molar-refractivity contribution in [1.29, 1.82) is 0 Å². The summed E-state index contributed by atoms with van der Waals surface area (Å²) in [6, 6.07) is 22.5. The fraction of sp³-hybridized carbons (Fsp3) is 0.638. The summed E-state index contributed by atoms with van der Waals surface area (Å²) in [7, 11) is 2.05. The summed E-state index contributed by atoms with van der Waals surface area (Å²) in [5.41, 5.74) is 6.34. The van der Waals surface area contributed by atoms with E-state index in [2.05, 4.69) is 128 Å². The second kappa shape index (κ2) is 36.5. The van der Waals surface area contributed by atoms with Crippen molar-refractivity contribution in [2.75, 3.05) is 18.0 Å². The van der Waals surface area contributed by atoms with Gasteiger partial charge in [-0.2, -0.15) is 0 Å². The average Bonchev–Trinajstić information content (AvgIpc) is 3.27. The van der Waals surface area contributed by atoms with Gasteiger partial charge in [0.15, 0.2) is 12.4 Å². The predicted molar refractivity (Wildman–Crippen MR) is 270 cm³/mol. The molecule has 2 nitrogen and oxygen atoms in total. The summed E-state index contributed by atoms with van der Waals surface area (Å²) in [6.07, 6.45) is 58.7. The summed E-state index contributed by atoms with van der Waals surface area (Å²) < 4.78 is 2.06. The van der Waals surface area contributed by atoms with Crippen LogP contribution in [0, 0.1) is 0 Å². The molecular weight excluding hydrogens is 725 g/mol. The zero-order valence-corrected chi connectivity index (χ0v) is 39.7. The first-order chi connectivity index (χ1) is 29.7. The highest BCUT2D eigenvalue weighted by Crippen LogP contribution is 2.21. The van der Waals surface area contributed by atoms with Crippen molar-refractivity contribution in [3.05, 3.63) is 95.3 Å². The van der Waals surface area contributed by atoms with Crippen LogP contribution in [0.4, 0.5) is 5.69 Å². The molecule has 0 fully saturated rings. The lowest BCUT2D eigenvalue weighted by atomic mass is 10.0. The van der Waals surface area contributed by atoms with Gasteiger partial charge in [-0.1, -0.05) is 267 Å². The van der Waals surface area contributed by atoms with Gasteiger partial charge < -0.3 is 4.90 Å². The Hall–Kier alpha value is -3.13. The number of rotatable bonds is 39. The summed E-state index contributed by atoms with van der Waals surface area (Å²) in [4.78, 5) is 2.70. The molecule has 0 spiro atoms.